The molecule has 0 saturated heterocycles. The van der Waals surface area contributed by atoms with Crippen LogP contribution in [0.5, 0.6) is 0 Å². The molecule has 0 radical (unpaired) electrons. The molecule has 26 heavy (non-hydrogen) atoms. The minimum Gasteiger partial charge on any atom is -0.246 e. The van der Waals surface area contributed by atoms with E-state index in [2.05, 4.69) is 92.2 Å². The molecule has 134 valence electrons. The first-order chi connectivity index (χ1) is 12.5. The SMILES string of the molecule is CC(C)[Si](c1ncccn1)(c1ccc(-c2ccccc2)cc1Br)C(C)C. The molecule has 0 atom stereocenters. The number of rotatable bonds is 5. The number of benzene rings is 2. The Morgan fingerprint density at radius 1 is 0.769 bits per heavy atom. The summed E-state index contributed by atoms with van der Waals surface area (Å²) in [6, 6.07) is 19.2. The maximum Gasteiger partial charge on any atom is 0.171 e. The molecule has 0 saturated carbocycles. The van der Waals surface area contributed by atoms with Gasteiger partial charge in [0.25, 0.3) is 0 Å². The molecule has 2 nitrogen and oxygen atoms in total. The predicted molar refractivity (Wildman–Crippen MR) is 117 cm³/mol. The van der Waals surface area contributed by atoms with Crippen molar-refractivity contribution in [3.8, 4) is 11.1 Å². The summed E-state index contributed by atoms with van der Waals surface area (Å²) in [5.74, 6) is 0. The normalized spacial score (nSPS) is 12.0. The van der Waals surface area contributed by atoms with Crippen molar-refractivity contribution in [3.05, 3.63) is 71.5 Å². The average molecular weight is 425 g/mol. The fraction of sp³-hybridized carbons (Fsp3) is 0.273. The minimum absolute atomic E-state index is 0.490. The highest BCUT2D eigenvalue weighted by Gasteiger charge is 2.47. The Kier molecular flexibility index (Phi) is 5.73. The van der Waals surface area contributed by atoms with Crippen molar-refractivity contribution >= 4 is 34.6 Å². The van der Waals surface area contributed by atoms with E-state index in [0.717, 1.165) is 5.45 Å². The maximum atomic E-state index is 4.72. The highest BCUT2D eigenvalue weighted by atomic mass is 79.9. The van der Waals surface area contributed by atoms with E-state index in [1.165, 1.54) is 20.8 Å². The monoisotopic (exact) mass is 424 g/mol. The van der Waals surface area contributed by atoms with Crippen LogP contribution in [0.1, 0.15) is 27.7 Å². The lowest BCUT2D eigenvalue weighted by Gasteiger charge is -2.38. The molecule has 0 spiro atoms. The van der Waals surface area contributed by atoms with Crippen molar-refractivity contribution in [2.75, 3.05) is 0 Å². The topological polar surface area (TPSA) is 25.8 Å². The molecule has 0 unspecified atom stereocenters. The summed E-state index contributed by atoms with van der Waals surface area (Å²) in [5.41, 5.74) is 4.47. The van der Waals surface area contributed by atoms with Gasteiger partial charge in [-0.2, -0.15) is 0 Å². The van der Waals surface area contributed by atoms with Crippen molar-refractivity contribution in [2.24, 2.45) is 0 Å². The van der Waals surface area contributed by atoms with Crippen LogP contribution < -0.4 is 10.6 Å². The summed E-state index contributed by atoms with van der Waals surface area (Å²) in [6.45, 7) is 9.28. The number of halogens is 1. The fourth-order valence-corrected chi connectivity index (χ4v) is 10.7. The molecule has 0 aliphatic heterocycles. The standard InChI is InChI=1S/C22H25BrN2Si/c1-16(2)26(17(3)4,22-24-13-8-14-25-22)21-12-11-19(15-20(21)23)18-9-6-5-7-10-18/h5-17H,1-4H3. The molecule has 0 N–H and O–H groups in total. The Bertz CT molecular complexity index is 856. The van der Waals surface area contributed by atoms with Gasteiger partial charge in [0.1, 0.15) is 5.45 Å². The van der Waals surface area contributed by atoms with Gasteiger partial charge in [-0.25, -0.2) is 9.97 Å². The zero-order valence-corrected chi connectivity index (χ0v) is 18.4. The Balaban J connectivity index is 2.20. The van der Waals surface area contributed by atoms with E-state index in [9.17, 15) is 0 Å². The van der Waals surface area contributed by atoms with Crippen molar-refractivity contribution < 1.29 is 0 Å². The van der Waals surface area contributed by atoms with Crippen molar-refractivity contribution in [1.82, 2.24) is 9.97 Å². The molecule has 1 heterocycles. The Morgan fingerprint density at radius 3 is 1.92 bits per heavy atom. The van der Waals surface area contributed by atoms with Gasteiger partial charge in [0.05, 0.1) is 0 Å². The molecule has 0 bridgehead atoms. The van der Waals surface area contributed by atoms with Crippen molar-refractivity contribution in [1.29, 1.82) is 0 Å². The van der Waals surface area contributed by atoms with Crippen LogP contribution in [0.25, 0.3) is 11.1 Å². The van der Waals surface area contributed by atoms with E-state index in [1.807, 2.05) is 18.5 Å². The van der Waals surface area contributed by atoms with Gasteiger partial charge in [-0.15, -0.1) is 0 Å². The minimum atomic E-state index is -2.14. The summed E-state index contributed by atoms with van der Waals surface area (Å²) < 4.78 is 1.17. The smallest absolute Gasteiger partial charge is 0.171 e. The van der Waals surface area contributed by atoms with Crippen LogP contribution in [0.3, 0.4) is 0 Å². The van der Waals surface area contributed by atoms with Gasteiger partial charge in [-0.1, -0.05) is 86.1 Å². The number of hydrogen-bond donors (Lipinski definition) is 0. The van der Waals surface area contributed by atoms with Crippen LogP contribution in [0.4, 0.5) is 0 Å². The van der Waals surface area contributed by atoms with Crippen LogP contribution in [-0.4, -0.2) is 18.0 Å². The van der Waals surface area contributed by atoms with E-state index < -0.39 is 8.07 Å². The average Bonchev–Trinajstić information content (AvgIpc) is 2.64. The van der Waals surface area contributed by atoms with E-state index in [4.69, 9.17) is 9.97 Å². The van der Waals surface area contributed by atoms with E-state index >= 15 is 0 Å². The summed E-state index contributed by atoms with van der Waals surface area (Å²) in [4.78, 5) is 9.44. The van der Waals surface area contributed by atoms with Crippen LogP contribution in [0.2, 0.25) is 11.1 Å². The largest absolute Gasteiger partial charge is 0.246 e. The Morgan fingerprint density at radius 2 is 1.38 bits per heavy atom. The van der Waals surface area contributed by atoms with Crippen LogP contribution in [-0.2, 0) is 0 Å². The summed E-state index contributed by atoms with van der Waals surface area (Å²) in [6.07, 6.45) is 3.75. The lowest BCUT2D eigenvalue weighted by atomic mass is 10.1. The third-order valence-corrected chi connectivity index (χ3v) is 12.3. The van der Waals surface area contributed by atoms with Gasteiger partial charge in [0, 0.05) is 16.9 Å². The van der Waals surface area contributed by atoms with Gasteiger partial charge < -0.3 is 0 Å². The first-order valence-corrected chi connectivity index (χ1v) is 12.1. The number of aromatic nitrogens is 2. The van der Waals surface area contributed by atoms with Crippen LogP contribution >= 0.6 is 15.9 Å². The van der Waals surface area contributed by atoms with Gasteiger partial charge in [0.15, 0.2) is 8.07 Å². The van der Waals surface area contributed by atoms with Crippen molar-refractivity contribution in [3.63, 3.8) is 0 Å². The molecule has 0 amide bonds. The Labute approximate surface area is 165 Å². The third-order valence-electron chi connectivity index (χ3n) is 5.28. The molecule has 3 rings (SSSR count). The quantitative estimate of drug-likeness (QED) is 0.519. The maximum absolute atomic E-state index is 4.72. The molecule has 2 aromatic carbocycles. The number of hydrogen-bond acceptors (Lipinski definition) is 2. The first kappa shape index (κ1) is 19.0. The third kappa shape index (κ3) is 3.28. The molecule has 4 heteroatoms. The lowest BCUT2D eigenvalue weighted by molar-refractivity contribution is 0.915. The molecular weight excluding hydrogens is 400 g/mol. The molecular formula is C22H25BrN2Si. The highest BCUT2D eigenvalue weighted by molar-refractivity contribution is 9.10. The summed E-state index contributed by atoms with van der Waals surface area (Å²) in [5, 5.41) is 1.38. The van der Waals surface area contributed by atoms with E-state index in [0.29, 0.717) is 11.1 Å². The molecule has 0 aliphatic carbocycles. The van der Waals surface area contributed by atoms with Gasteiger partial charge >= 0.3 is 0 Å². The summed E-state index contributed by atoms with van der Waals surface area (Å²) in [7, 11) is -2.14. The molecule has 3 aromatic rings. The first-order valence-electron chi connectivity index (χ1n) is 9.10. The van der Waals surface area contributed by atoms with Gasteiger partial charge in [-0.05, 0) is 39.5 Å². The predicted octanol–water partition coefficient (Wildman–Crippen LogP) is 5.29. The summed E-state index contributed by atoms with van der Waals surface area (Å²) >= 11 is 3.89. The van der Waals surface area contributed by atoms with E-state index in [-0.39, 0.29) is 0 Å². The zero-order chi connectivity index (χ0) is 18.7. The second kappa shape index (κ2) is 7.85. The highest BCUT2D eigenvalue weighted by Crippen LogP contribution is 2.34. The molecule has 1 aromatic heterocycles. The molecule has 0 aliphatic rings. The van der Waals surface area contributed by atoms with Crippen molar-refractivity contribution in [2.45, 2.75) is 38.8 Å². The molecule has 0 fully saturated rings. The zero-order valence-electron chi connectivity index (χ0n) is 15.8. The van der Waals surface area contributed by atoms with Crippen LogP contribution in [0, 0.1) is 0 Å². The van der Waals surface area contributed by atoms with Gasteiger partial charge in [0.2, 0.25) is 0 Å². The van der Waals surface area contributed by atoms with Crippen LogP contribution in [0.15, 0.2) is 71.5 Å². The fourth-order valence-electron chi connectivity index (χ4n) is 4.10. The van der Waals surface area contributed by atoms with Gasteiger partial charge in [-0.3, -0.25) is 0 Å². The second-order valence-corrected chi connectivity index (χ2v) is 13.2. The Hall–Kier alpha value is -1.78. The lowest BCUT2D eigenvalue weighted by Crippen LogP contribution is -2.65. The van der Waals surface area contributed by atoms with E-state index in [1.54, 1.807) is 0 Å². The second-order valence-electron chi connectivity index (χ2n) is 7.31. The number of nitrogens with zero attached hydrogens (tertiary/aromatic N) is 2.